The zero-order valence-electron chi connectivity index (χ0n) is 13.0. The SMILES string of the molecule is O=C(NCCCN1CCOCC1)c1cc(-c2ccccc2)no1. The highest BCUT2D eigenvalue weighted by Crippen LogP contribution is 2.18. The molecule has 1 fully saturated rings. The summed E-state index contributed by atoms with van der Waals surface area (Å²) in [6.07, 6.45) is 0.908. The van der Waals surface area contributed by atoms with E-state index in [0.717, 1.165) is 44.8 Å². The zero-order valence-corrected chi connectivity index (χ0v) is 13.0. The van der Waals surface area contributed by atoms with Crippen LogP contribution < -0.4 is 5.32 Å². The minimum absolute atomic E-state index is 0.221. The van der Waals surface area contributed by atoms with Crippen LogP contribution in [0.15, 0.2) is 40.9 Å². The Morgan fingerprint density at radius 1 is 1.22 bits per heavy atom. The Labute approximate surface area is 135 Å². The molecule has 1 amide bonds. The monoisotopic (exact) mass is 315 g/mol. The number of aromatic nitrogens is 1. The van der Waals surface area contributed by atoms with E-state index in [4.69, 9.17) is 9.26 Å². The van der Waals surface area contributed by atoms with Gasteiger partial charge < -0.3 is 14.6 Å². The number of ether oxygens (including phenoxy) is 1. The number of hydrogen-bond acceptors (Lipinski definition) is 5. The van der Waals surface area contributed by atoms with Crippen LogP contribution in [0.2, 0.25) is 0 Å². The van der Waals surface area contributed by atoms with E-state index in [0.29, 0.717) is 12.2 Å². The van der Waals surface area contributed by atoms with Crippen LogP contribution >= 0.6 is 0 Å². The summed E-state index contributed by atoms with van der Waals surface area (Å²) in [7, 11) is 0. The third-order valence-corrected chi connectivity index (χ3v) is 3.84. The number of hydrogen-bond donors (Lipinski definition) is 1. The molecule has 1 aliphatic rings. The van der Waals surface area contributed by atoms with E-state index in [1.165, 1.54) is 0 Å². The maximum atomic E-state index is 12.1. The lowest BCUT2D eigenvalue weighted by Gasteiger charge is -2.26. The quantitative estimate of drug-likeness (QED) is 0.823. The first-order chi connectivity index (χ1) is 11.3. The van der Waals surface area contributed by atoms with E-state index in [2.05, 4.69) is 15.4 Å². The van der Waals surface area contributed by atoms with E-state index >= 15 is 0 Å². The molecule has 0 aliphatic carbocycles. The molecular weight excluding hydrogens is 294 g/mol. The first-order valence-corrected chi connectivity index (χ1v) is 7.93. The molecule has 1 aromatic carbocycles. The molecule has 122 valence electrons. The van der Waals surface area contributed by atoms with Crippen molar-refractivity contribution < 1.29 is 14.1 Å². The largest absolute Gasteiger partial charge is 0.379 e. The smallest absolute Gasteiger partial charge is 0.289 e. The highest BCUT2D eigenvalue weighted by atomic mass is 16.5. The van der Waals surface area contributed by atoms with Crippen molar-refractivity contribution in [2.24, 2.45) is 0 Å². The van der Waals surface area contributed by atoms with E-state index in [9.17, 15) is 4.79 Å². The van der Waals surface area contributed by atoms with Crippen molar-refractivity contribution in [1.82, 2.24) is 15.4 Å². The average Bonchev–Trinajstić information content (AvgIpc) is 3.10. The lowest BCUT2D eigenvalue weighted by molar-refractivity contribution is 0.0374. The number of rotatable bonds is 6. The minimum atomic E-state index is -0.221. The number of carbonyl (C=O) groups excluding carboxylic acids is 1. The standard InChI is InChI=1S/C17H21N3O3/c21-17(18-7-4-8-20-9-11-22-12-10-20)16-13-15(19-23-16)14-5-2-1-3-6-14/h1-3,5-6,13H,4,7-12H2,(H,18,21). The summed E-state index contributed by atoms with van der Waals surface area (Å²) >= 11 is 0. The minimum Gasteiger partial charge on any atom is -0.379 e. The fourth-order valence-corrected chi connectivity index (χ4v) is 2.54. The molecule has 1 aromatic heterocycles. The van der Waals surface area contributed by atoms with Gasteiger partial charge in [0.2, 0.25) is 5.76 Å². The molecule has 0 radical (unpaired) electrons. The van der Waals surface area contributed by atoms with Crippen molar-refractivity contribution in [3.05, 3.63) is 42.2 Å². The first kappa shape index (κ1) is 15.7. The van der Waals surface area contributed by atoms with Gasteiger partial charge in [-0.3, -0.25) is 9.69 Å². The summed E-state index contributed by atoms with van der Waals surface area (Å²) in [5, 5.41) is 6.82. The van der Waals surface area contributed by atoms with Gasteiger partial charge in [-0.1, -0.05) is 35.5 Å². The van der Waals surface area contributed by atoms with Crippen molar-refractivity contribution in [3.63, 3.8) is 0 Å². The molecular formula is C17H21N3O3. The Bertz CT molecular complexity index is 621. The van der Waals surface area contributed by atoms with Crippen LogP contribution in [-0.2, 0) is 4.74 Å². The van der Waals surface area contributed by atoms with Gasteiger partial charge in [-0.05, 0) is 13.0 Å². The maximum Gasteiger partial charge on any atom is 0.289 e. The van der Waals surface area contributed by atoms with Gasteiger partial charge in [0.1, 0.15) is 5.69 Å². The van der Waals surface area contributed by atoms with Crippen LogP contribution in [0.25, 0.3) is 11.3 Å². The van der Waals surface area contributed by atoms with E-state index in [-0.39, 0.29) is 11.7 Å². The van der Waals surface area contributed by atoms with Crippen LogP contribution in [0.4, 0.5) is 0 Å². The molecule has 1 N–H and O–H groups in total. The Hall–Kier alpha value is -2.18. The summed E-state index contributed by atoms with van der Waals surface area (Å²) in [4.78, 5) is 14.4. The number of morpholine rings is 1. The van der Waals surface area contributed by atoms with Crippen LogP contribution in [-0.4, -0.2) is 55.4 Å². The fourth-order valence-electron chi connectivity index (χ4n) is 2.54. The van der Waals surface area contributed by atoms with Gasteiger partial charge in [-0.25, -0.2) is 0 Å². The lowest BCUT2D eigenvalue weighted by Crippen LogP contribution is -2.38. The number of carbonyl (C=O) groups is 1. The molecule has 0 spiro atoms. The predicted molar refractivity (Wildman–Crippen MR) is 86.1 cm³/mol. The molecule has 1 aliphatic heterocycles. The first-order valence-electron chi connectivity index (χ1n) is 7.93. The van der Waals surface area contributed by atoms with Crippen molar-refractivity contribution in [2.45, 2.75) is 6.42 Å². The second-order valence-corrected chi connectivity index (χ2v) is 5.51. The van der Waals surface area contributed by atoms with Gasteiger partial charge in [0, 0.05) is 31.3 Å². The number of amides is 1. The van der Waals surface area contributed by atoms with E-state index in [1.54, 1.807) is 6.07 Å². The third kappa shape index (κ3) is 4.40. The Kier molecular flexibility index (Phi) is 5.39. The van der Waals surface area contributed by atoms with E-state index < -0.39 is 0 Å². The van der Waals surface area contributed by atoms with E-state index in [1.807, 2.05) is 30.3 Å². The predicted octanol–water partition coefficient (Wildman–Crippen LogP) is 1.79. The Balaban J connectivity index is 1.44. The molecule has 23 heavy (non-hydrogen) atoms. The van der Waals surface area contributed by atoms with Gasteiger partial charge in [-0.15, -0.1) is 0 Å². The van der Waals surface area contributed by atoms with Gasteiger partial charge >= 0.3 is 0 Å². The number of nitrogens with zero attached hydrogens (tertiary/aromatic N) is 2. The second-order valence-electron chi connectivity index (χ2n) is 5.51. The Morgan fingerprint density at radius 3 is 2.78 bits per heavy atom. The number of nitrogens with one attached hydrogen (secondary N) is 1. The number of benzene rings is 1. The van der Waals surface area contributed by atoms with Gasteiger partial charge in [0.05, 0.1) is 13.2 Å². The molecule has 0 unspecified atom stereocenters. The molecule has 6 heteroatoms. The molecule has 0 atom stereocenters. The van der Waals surface area contributed by atoms with Crippen LogP contribution in [0, 0.1) is 0 Å². The van der Waals surface area contributed by atoms with Gasteiger partial charge in [-0.2, -0.15) is 0 Å². The van der Waals surface area contributed by atoms with Gasteiger partial charge in [0.25, 0.3) is 5.91 Å². The summed E-state index contributed by atoms with van der Waals surface area (Å²) < 4.78 is 10.4. The topological polar surface area (TPSA) is 67.6 Å². The highest BCUT2D eigenvalue weighted by Gasteiger charge is 2.14. The van der Waals surface area contributed by atoms with Crippen LogP contribution in [0.3, 0.4) is 0 Å². The molecule has 2 aromatic rings. The van der Waals surface area contributed by atoms with Crippen molar-refractivity contribution in [2.75, 3.05) is 39.4 Å². The summed E-state index contributed by atoms with van der Waals surface area (Å²) in [6, 6.07) is 11.3. The third-order valence-electron chi connectivity index (χ3n) is 3.84. The summed E-state index contributed by atoms with van der Waals surface area (Å²) in [5.74, 6) is 0.0249. The normalized spacial score (nSPS) is 15.5. The molecule has 6 nitrogen and oxygen atoms in total. The highest BCUT2D eigenvalue weighted by molar-refractivity contribution is 5.92. The fraction of sp³-hybridized carbons (Fsp3) is 0.412. The van der Waals surface area contributed by atoms with Crippen molar-refractivity contribution in [1.29, 1.82) is 0 Å². The molecule has 0 saturated carbocycles. The Morgan fingerprint density at radius 2 is 2.00 bits per heavy atom. The van der Waals surface area contributed by atoms with Crippen molar-refractivity contribution >= 4 is 5.91 Å². The van der Waals surface area contributed by atoms with Crippen LogP contribution in [0.1, 0.15) is 17.0 Å². The average molecular weight is 315 g/mol. The lowest BCUT2D eigenvalue weighted by atomic mass is 10.1. The molecule has 3 rings (SSSR count). The van der Waals surface area contributed by atoms with Crippen molar-refractivity contribution in [3.8, 4) is 11.3 Å². The summed E-state index contributed by atoms with van der Waals surface area (Å²) in [6.45, 7) is 5.12. The van der Waals surface area contributed by atoms with Gasteiger partial charge in [0.15, 0.2) is 0 Å². The van der Waals surface area contributed by atoms with Crippen LogP contribution in [0.5, 0.6) is 0 Å². The maximum absolute atomic E-state index is 12.1. The molecule has 0 bridgehead atoms. The summed E-state index contributed by atoms with van der Waals surface area (Å²) in [5.41, 5.74) is 1.60. The second kappa shape index (κ2) is 7.89. The zero-order chi connectivity index (χ0) is 15.9. The molecule has 1 saturated heterocycles. The molecule has 2 heterocycles.